The van der Waals surface area contributed by atoms with Crippen molar-refractivity contribution in [2.24, 2.45) is 11.8 Å². The summed E-state index contributed by atoms with van der Waals surface area (Å²) in [6.45, 7) is 4.70. The van der Waals surface area contributed by atoms with Crippen LogP contribution in [0.2, 0.25) is 0 Å². The van der Waals surface area contributed by atoms with Gasteiger partial charge in [0.05, 0.1) is 0 Å². The third-order valence-electron chi connectivity index (χ3n) is 2.56. The molecule has 0 amide bonds. The van der Waals surface area contributed by atoms with E-state index < -0.39 is 0 Å². The Bertz CT molecular complexity index is 66.4. The highest BCUT2D eigenvalue weighted by molar-refractivity contribution is 4.72. The Morgan fingerprint density at radius 1 is 1.20 bits per heavy atom. The summed E-state index contributed by atoms with van der Waals surface area (Å²) < 4.78 is 0. The lowest BCUT2D eigenvalue weighted by atomic mass is 9.96. The van der Waals surface area contributed by atoms with Crippen molar-refractivity contribution in [2.45, 2.75) is 54.4 Å². The van der Waals surface area contributed by atoms with E-state index in [0.717, 1.165) is 11.8 Å². The van der Waals surface area contributed by atoms with Crippen LogP contribution in [-0.2, 0) is 0 Å². The second kappa shape index (κ2) is 5.76. The fraction of sp³-hybridized carbons (Fsp3) is 1.00. The van der Waals surface area contributed by atoms with E-state index in [0.29, 0.717) is 0 Å². The van der Waals surface area contributed by atoms with Crippen LogP contribution in [0.15, 0.2) is 0 Å². The lowest BCUT2D eigenvalue weighted by Gasteiger charge is -2.10. The molecule has 10 heavy (non-hydrogen) atoms. The quantitative estimate of drug-likeness (QED) is 0.519. The van der Waals surface area contributed by atoms with Gasteiger partial charge in [-0.25, -0.2) is 0 Å². The molecule has 0 aromatic carbocycles. The van der Waals surface area contributed by atoms with Gasteiger partial charge in [-0.15, -0.1) is 0 Å². The average molecular weight is 144 g/mol. The molecule has 0 N–H and O–H groups in total. The molecule has 0 heterocycles. The van der Waals surface area contributed by atoms with Gasteiger partial charge in [-0.3, -0.25) is 0 Å². The molecule has 1 aliphatic rings. The van der Waals surface area contributed by atoms with Crippen LogP contribution in [0.5, 0.6) is 0 Å². The minimum absolute atomic E-state index is 0. The molecule has 1 fully saturated rings. The fourth-order valence-electron chi connectivity index (χ4n) is 1.83. The van der Waals surface area contributed by atoms with Crippen LogP contribution in [0.25, 0.3) is 0 Å². The first kappa shape index (κ1) is 12.7. The number of hydrogen-bond donors (Lipinski definition) is 0. The Balaban J connectivity index is 0. The summed E-state index contributed by atoms with van der Waals surface area (Å²) in [7, 11) is 0. The van der Waals surface area contributed by atoms with Gasteiger partial charge < -0.3 is 0 Å². The predicted molar refractivity (Wildman–Crippen MR) is 50.3 cm³/mol. The highest BCUT2D eigenvalue weighted by atomic mass is 14.3. The van der Waals surface area contributed by atoms with Crippen molar-refractivity contribution in [1.29, 1.82) is 0 Å². The molecule has 2 unspecified atom stereocenters. The highest BCUT2D eigenvalue weighted by Crippen LogP contribution is 2.32. The maximum absolute atomic E-state index is 2.39. The molecule has 0 aromatic heterocycles. The monoisotopic (exact) mass is 144 g/mol. The summed E-state index contributed by atoms with van der Waals surface area (Å²) in [6, 6.07) is 0. The summed E-state index contributed by atoms with van der Waals surface area (Å²) in [5, 5.41) is 0. The molecule has 0 saturated heterocycles. The van der Waals surface area contributed by atoms with E-state index in [2.05, 4.69) is 13.8 Å². The largest absolute Gasteiger partial charge is 0.0776 e. The van der Waals surface area contributed by atoms with E-state index in [1.54, 1.807) is 0 Å². The lowest BCUT2D eigenvalue weighted by Crippen LogP contribution is -2.00. The summed E-state index contributed by atoms with van der Waals surface area (Å²) in [6.07, 6.45) is 5.87. The predicted octanol–water partition coefficient (Wildman–Crippen LogP) is 4.10. The summed E-state index contributed by atoms with van der Waals surface area (Å²) >= 11 is 0. The minimum Gasteiger partial charge on any atom is -0.0776 e. The van der Waals surface area contributed by atoms with Crippen molar-refractivity contribution < 1.29 is 0 Å². The fourth-order valence-corrected chi connectivity index (χ4v) is 1.83. The minimum atomic E-state index is 0. The topological polar surface area (TPSA) is 0 Å². The van der Waals surface area contributed by atoms with Gasteiger partial charge in [0.1, 0.15) is 0 Å². The molecule has 1 aliphatic carbocycles. The van der Waals surface area contributed by atoms with E-state index in [4.69, 9.17) is 0 Å². The first-order chi connectivity index (χ1) is 3.84. The molecule has 0 aromatic rings. The van der Waals surface area contributed by atoms with Crippen LogP contribution in [0.1, 0.15) is 54.4 Å². The lowest BCUT2D eigenvalue weighted by molar-refractivity contribution is 0.407. The Kier molecular flexibility index (Phi) is 7.29. The van der Waals surface area contributed by atoms with E-state index in [-0.39, 0.29) is 14.9 Å². The van der Waals surface area contributed by atoms with E-state index in [9.17, 15) is 0 Å². The van der Waals surface area contributed by atoms with E-state index in [1.807, 2.05) is 0 Å². The molecule has 1 saturated carbocycles. The SMILES string of the molecule is C.C.CCC1CCCC1C. The van der Waals surface area contributed by atoms with Gasteiger partial charge >= 0.3 is 0 Å². The van der Waals surface area contributed by atoms with Gasteiger partial charge in [-0.05, 0) is 11.8 Å². The van der Waals surface area contributed by atoms with E-state index in [1.165, 1.54) is 25.7 Å². The first-order valence-electron chi connectivity index (χ1n) is 3.84. The molecule has 64 valence electrons. The van der Waals surface area contributed by atoms with Crippen LogP contribution < -0.4 is 0 Å². The zero-order chi connectivity index (χ0) is 5.98. The van der Waals surface area contributed by atoms with Gasteiger partial charge in [-0.2, -0.15) is 0 Å². The smallest absolute Gasteiger partial charge is 0.0391 e. The Morgan fingerprint density at radius 2 is 1.80 bits per heavy atom. The molecule has 0 radical (unpaired) electrons. The Morgan fingerprint density at radius 3 is 2.00 bits per heavy atom. The standard InChI is InChI=1S/C8H16.2CH4/c1-3-8-6-4-5-7(8)2;;/h7-8H,3-6H2,1-2H3;2*1H4. The summed E-state index contributed by atoms with van der Waals surface area (Å²) in [4.78, 5) is 0. The van der Waals surface area contributed by atoms with Crippen molar-refractivity contribution in [2.75, 3.05) is 0 Å². The molecular weight excluding hydrogens is 120 g/mol. The van der Waals surface area contributed by atoms with Crippen molar-refractivity contribution in [3.05, 3.63) is 0 Å². The van der Waals surface area contributed by atoms with Gasteiger partial charge in [0.25, 0.3) is 0 Å². The van der Waals surface area contributed by atoms with Crippen LogP contribution in [0, 0.1) is 11.8 Å². The summed E-state index contributed by atoms with van der Waals surface area (Å²) in [5.74, 6) is 2.09. The first-order valence-corrected chi connectivity index (χ1v) is 3.84. The van der Waals surface area contributed by atoms with Crippen LogP contribution in [0.3, 0.4) is 0 Å². The van der Waals surface area contributed by atoms with Crippen molar-refractivity contribution >= 4 is 0 Å². The van der Waals surface area contributed by atoms with Crippen molar-refractivity contribution in [3.8, 4) is 0 Å². The molecule has 2 atom stereocenters. The molecular formula is C10H24. The number of rotatable bonds is 1. The number of hydrogen-bond acceptors (Lipinski definition) is 0. The maximum atomic E-state index is 2.39. The normalized spacial score (nSPS) is 30.6. The maximum Gasteiger partial charge on any atom is -0.0391 e. The van der Waals surface area contributed by atoms with Crippen LogP contribution in [0.4, 0.5) is 0 Å². The Hall–Kier alpha value is 0. The Labute approximate surface area is 67.0 Å². The van der Waals surface area contributed by atoms with Crippen molar-refractivity contribution in [3.63, 3.8) is 0 Å². The second-order valence-electron chi connectivity index (χ2n) is 3.08. The molecule has 1 rings (SSSR count). The third kappa shape index (κ3) is 2.72. The van der Waals surface area contributed by atoms with Gasteiger partial charge in [0, 0.05) is 0 Å². The zero-order valence-electron chi connectivity index (χ0n) is 5.98. The average Bonchev–Trinajstić information content (AvgIpc) is 2.14. The van der Waals surface area contributed by atoms with Crippen molar-refractivity contribution in [1.82, 2.24) is 0 Å². The zero-order valence-corrected chi connectivity index (χ0v) is 5.98. The molecule has 0 aliphatic heterocycles. The summed E-state index contributed by atoms with van der Waals surface area (Å²) in [5.41, 5.74) is 0. The van der Waals surface area contributed by atoms with Gasteiger partial charge in [-0.1, -0.05) is 54.4 Å². The molecule has 0 heteroatoms. The third-order valence-corrected chi connectivity index (χ3v) is 2.56. The van der Waals surface area contributed by atoms with Gasteiger partial charge in [0.15, 0.2) is 0 Å². The molecule has 0 nitrogen and oxygen atoms in total. The van der Waals surface area contributed by atoms with E-state index >= 15 is 0 Å². The highest BCUT2D eigenvalue weighted by Gasteiger charge is 2.20. The second-order valence-corrected chi connectivity index (χ2v) is 3.08. The molecule has 0 spiro atoms. The van der Waals surface area contributed by atoms with Crippen LogP contribution in [-0.4, -0.2) is 0 Å². The molecule has 0 bridgehead atoms. The van der Waals surface area contributed by atoms with Crippen LogP contribution >= 0.6 is 0 Å². The van der Waals surface area contributed by atoms with Gasteiger partial charge in [0.2, 0.25) is 0 Å².